The van der Waals surface area contributed by atoms with Crippen molar-refractivity contribution in [2.24, 2.45) is 5.92 Å². The highest BCUT2D eigenvalue weighted by molar-refractivity contribution is 6.07. The zero-order valence-electron chi connectivity index (χ0n) is 12.9. The van der Waals surface area contributed by atoms with E-state index in [2.05, 4.69) is 11.9 Å². The second-order valence-corrected chi connectivity index (χ2v) is 5.44. The Kier molecular flexibility index (Phi) is 5.16. The van der Waals surface area contributed by atoms with E-state index < -0.39 is 29.9 Å². The lowest BCUT2D eigenvalue weighted by Gasteiger charge is -2.43. The number of urea groups is 1. The van der Waals surface area contributed by atoms with Crippen molar-refractivity contribution >= 4 is 17.9 Å². The molecule has 1 heterocycles. The average Bonchev–Trinajstić information content (AvgIpc) is 2.55. The number of benzene rings is 1. The third-order valence-electron chi connectivity index (χ3n) is 4.01. The van der Waals surface area contributed by atoms with Crippen molar-refractivity contribution < 1.29 is 19.5 Å². The Labute approximate surface area is 134 Å². The lowest BCUT2D eigenvalue weighted by molar-refractivity contribution is -0.165. The lowest BCUT2D eigenvalue weighted by Crippen LogP contribution is -2.68. The van der Waals surface area contributed by atoms with Gasteiger partial charge in [0.25, 0.3) is 0 Å². The van der Waals surface area contributed by atoms with Crippen molar-refractivity contribution in [2.75, 3.05) is 0 Å². The molecular formula is C17H20N2O4. The maximum atomic E-state index is 12.3. The molecule has 1 saturated heterocycles. The summed E-state index contributed by atoms with van der Waals surface area (Å²) in [6, 6.07) is 7.27. The van der Waals surface area contributed by atoms with Gasteiger partial charge in [0.1, 0.15) is 0 Å². The molecule has 0 aromatic heterocycles. The number of allylic oxidation sites excluding steroid dienone is 1. The largest absolute Gasteiger partial charge is 0.480 e. The van der Waals surface area contributed by atoms with E-state index in [1.54, 1.807) is 0 Å². The van der Waals surface area contributed by atoms with E-state index in [1.807, 2.05) is 37.3 Å². The Bertz CT molecular complexity index is 614. The van der Waals surface area contributed by atoms with Gasteiger partial charge in [-0.3, -0.25) is 4.79 Å². The van der Waals surface area contributed by atoms with E-state index in [0.717, 1.165) is 10.5 Å². The monoisotopic (exact) mass is 316 g/mol. The normalized spacial score (nSPS) is 21.3. The number of rotatable bonds is 6. The van der Waals surface area contributed by atoms with Crippen LogP contribution in [-0.2, 0) is 9.59 Å². The first kappa shape index (κ1) is 16.7. The number of likely N-dealkylation sites (tertiary alicyclic amines) is 1. The van der Waals surface area contributed by atoms with Gasteiger partial charge >= 0.3 is 12.0 Å². The van der Waals surface area contributed by atoms with Gasteiger partial charge < -0.3 is 10.4 Å². The van der Waals surface area contributed by atoms with Crippen LogP contribution >= 0.6 is 0 Å². The molecule has 3 atom stereocenters. The minimum Gasteiger partial charge on any atom is -0.480 e. The van der Waals surface area contributed by atoms with E-state index in [-0.39, 0.29) is 12.5 Å². The molecule has 1 aromatic carbocycles. The number of hydrogen-bond donors (Lipinski definition) is 2. The Hall–Kier alpha value is -2.63. The van der Waals surface area contributed by atoms with Crippen LogP contribution in [0.4, 0.5) is 4.79 Å². The van der Waals surface area contributed by atoms with Crippen molar-refractivity contribution in [1.29, 1.82) is 0 Å². The maximum absolute atomic E-state index is 12.3. The predicted octanol–water partition coefficient (Wildman–Crippen LogP) is 2.33. The summed E-state index contributed by atoms with van der Waals surface area (Å²) >= 11 is 0. The maximum Gasteiger partial charge on any atom is 0.327 e. The fourth-order valence-corrected chi connectivity index (χ4v) is 2.79. The third kappa shape index (κ3) is 3.26. The van der Waals surface area contributed by atoms with E-state index in [9.17, 15) is 19.5 Å². The second-order valence-electron chi connectivity index (χ2n) is 5.44. The van der Waals surface area contributed by atoms with Crippen LogP contribution in [0.15, 0.2) is 43.0 Å². The van der Waals surface area contributed by atoms with Crippen molar-refractivity contribution in [1.82, 2.24) is 10.2 Å². The Morgan fingerprint density at radius 3 is 2.57 bits per heavy atom. The summed E-state index contributed by atoms with van der Waals surface area (Å²) in [5.74, 6) is -2.37. The fourth-order valence-electron chi connectivity index (χ4n) is 2.79. The van der Waals surface area contributed by atoms with Gasteiger partial charge in [-0.05, 0) is 18.4 Å². The second kappa shape index (κ2) is 7.09. The number of carbonyl (C=O) groups excluding carboxylic acids is 2. The molecule has 1 aliphatic heterocycles. The first-order chi connectivity index (χ1) is 11.0. The fraction of sp³-hybridized carbons (Fsp3) is 0.353. The number of nitrogens with zero attached hydrogens (tertiary/aromatic N) is 1. The van der Waals surface area contributed by atoms with Gasteiger partial charge in [-0.25, -0.2) is 14.5 Å². The lowest BCUT2D eigenvalue weighted by atomic mass is 9.85. The topological polar surface area (TPSA) is 86.7 Å². The number of carboxylic acids is 1. The summed E-state index contributed by atoms with van der Waals surface area (Å²) in [5, 5.41) is 12.0. The molecule has 2 rings (SSSR count). The van der Waals surface area contributed by atoms with Gasteiger partial charge in [0.05, 0.1) is 12.0 Å². The molecule has 1 fully saturated rings. The summed E-state index contributed by atoms with van der Waals surface area (Å²) in [5.41, 5.74) is 0.908. The van der Waals surface area contributed by atoms with Crippen LogP contribution in [0, 0.1) is 5.92 Å². The highest BCUT2D eigenvalue weighted by Crippen LogP contribution is 2.31. The Morgan fingerprint density at radius 1 is 1.39 bits per heavy atom. The molecule has 0 bridgehead atoms. The number of carboxylic acid groups (broad SMARTS) is 1. The van der Waals surface area contributed by atoms with Gasteiger partial charge in [-0.2, -0.15) is 0 Å². The van der Waals surface area contributed by atoms with Crippen LogP contribution in [0.3, 0.4) is 0 Å². The number of carbonyl (C=O) groups is 3. The van der Waals surface area contributed by atoms with E-state index in [1.165, 1.54) is 6.08 Å². The first-order valence-electron chi connectivity index (χ1n) is 7.53. The number of aliphatic carboxylic acids is 1. The minimum atomic E-state index is -1.18. The molecule has 0 saturated carbocycles. The highest BCUT2D eigenvalue weighted by Gasteiger charge is 2.54. The molecule has 6 heteroatoms. The number of amides is 3. The van der Waals surface area contributed by atoms with E-state index in [0.29, 0.717) is 6.42 Å². The molecule has 1 aliphatic rings. The summed E-state index contributed by atoms with van der Waals surface area (Å²) < 4.78 is 0. The van der Waals surface area contributed by atoms with Crippen LogP contribution in [0.2, 0.25) is 0 Å². The zero-order valence-corrected chi connectivity index (χ0v) is 12.9. The van der Waals surface area contributed by atoms with Crippen molar-refractivity contribution in [3.05, 3.63) is 48.6 Å². The summed E-state index contributed by atoms with van der Waals surface area (Å²) in [4.78, 5) is 36.6. The third-order valence-corrected chi connectivity index (χ3v) is 4.01. The van der Waals surface area contributed by atoms with Crippen LogP contribution < -0.4 is 5.32 Å². The molecule has 23 heavy (non-hydrogen) atoms. The van der Waals surface area contributed by atoms with Gasteiger partial charge in [0.15, 0.2) is 6.04 Å². The summed E-state index contributed by atoms with van der Waals surface area (Å²) in [6.45, 7) is 5.43. The summed E-state index contributed by atoms with van der Waals surface area (Å²) in [6.07, 6.45) is 2.37. The van der Waals surface area contributed by atoms with Gasteiger partial charge in [-0.1, -0.05) is 43.3 Å². The molecule has 1 aromatic rings. The van der Waals surface area contributed by atoms with Crippen LogP contribution in [0.1, 0.15) is 31.4 Å². The molecule has 122 valence electrons. The van der Waals surface area contributed by atoms with Gasteiger partial charge in [-0.15, -0.1) is 6.58 Å². The Balaban J connectivity index is 2.11. The van der Waals surface area contributed by atoms with Crippen LogP contribution in [-0.4, -0.2) is 34.0 Å². The SMILES string of the molecule is C=CC[C@H]1C(=O)N(C(=O)NC(CC)c2ccccc2)[C@@H]1C(=O)O. The number of β-lactam (4-membered cyclic amide) rings is 1. The molecule has 0 aliphatic carbocycles. The smallest absolute Gasteiger partial charge is 0.327 e. The van der Waals surface area contributed by atoms with Gasteiger partial charge in [0.2, 0.25) is 5.91 Å². The molecule has 0 spiro atoms. The number of nitrogens with one attached hydrogen (secondary N) is 1. The number of hydrogen-bond acceptors (Lipinski definition) is 3. The van der Waals surface area contributed by atoms with Crippen LogP contribution in [0.5, 0.6) is 0 Å². The minimum absolute atomic E-state index is 0.246. The molecule has 0 radical (unpaired) electrons. The molecule has 6 nitrogen and oxygen atoms in total. The summed E-state index contributed by atoms with van der Waals surface area (Å²) in [7, 11) is 0. The van der Waals surface area contributed by atoms with Crippen molar-refractivity contribution in [3.63, 3.8) is 0 Å². The predicted molar refractivity (Wildman–Crippen MR) is 84.6 cm³/mol. The molecule has 1 unspecified atom stereocenters. The van der Waals surface area contributed by atoms with Crippen molar-refractivity contribution in [3.8, 4) is 0 Å². The van der Waals surface area contributed by atoms with E-state index >= 15 is 0 Å². The van der Waals surface area contributed by atoms with E-state index in [4.69, 9.17) is 0 Å². The average molecular weight is 316 g/mol. The molecular weight excluding hydrogens is 296 g/mol. The van der Waals surface area contributed by atoms with Crippen molar-refractivity contribution in [2.45, 2.75) is 31.8 Å². The number of imide groups is 1. The highest BCUT2D eigenvalue weighted by atomic mass is 16.4. The Morgan fingerprint density at radius 2 is 2.04 bits per heavy atom. The zero-order chi connectivity index (χ0) is 17.0. The van der Waals surface area contributed by atoms with Gasteiger partial charge in [0, 0.05) is 0 Å². The molecule has 2 N–H and O–H groups in total. The first-order valence-corrected chi connectivity index (χ1v) is 7.53. The standard InChI is InChI=1S/C17H20N2O4/c1-3-8-12-14(16(21)22)19(15(12)20)17(23)18-13(4-2)11-9-6-5-7-10-11/h3,5-7,9-10,12-14H,1,4,8H2,2H3,(H,18,23)(H,21,22)/t12-,13?,14+/m1/s1. The quantitative estimate of drug-likeness (QED) is 0.623. The van der Waals surface area contributed by atoms with Crippen LogP contribution in [0.25, 0.3) is 0 Å². The molecule has 3 amide bonds.